The summed E-state index contributed by atoms with van der Waals surface area (Å²) in [6.07, 6.45) is 2.21. The molecular formula is C30H25NO2. The van der Waals surface area contributed by atoms with Crippen molar-refractivity contribution < 1.29 is 9.53 Å². The molecule has 0 saturated heterocycles. The van der Waals surface area contributed by atoms with Crippen molar-refractivity contribution in [2.45, 2.75) is 11.6 Å². The first kappa shape index (κ1) is 20.8. The number of anilines is 1. The van der Waals surface area contributed by atoms with Gasteiger partial charge in [-0.05, 0) is 34.4 Å². The minimum atomic E-state index is -1.15. The van der Waals surface area contributed by atoms with Crippen LogP contribution in [0.4, 0.5) is 5.69 Å². The van der Waals surface area contributed by atoms with Gasteiger partial charge in [-0.15, -0.1) is 0 Å². The Hall–Kier alpha value is -4.11. The molecule has 0 N–H and O–H groups in total. The third-order valence-electron chi connectivity index (χ3n) is 6.29. The lowest BCUT2D eigenvalue weighted by Crippen LogP contribution is -2.51. The quantitative estimate of drug-likeness (QED) is 0.343. The fraction of sp³-hybridized carbons (Fsp3) is 0.100. The van der Waals surface area contributed by atoms with Gasteiger partial charge in [0, 0.05) is 5.69 Å². The van der Waals surface area contributed by atoms with E-state index < -0.39 is 5.54 Å². The lowest BCUT2D eigenvalue weighted by Gasteiger charge is -2.43. The molecule has 5 rings (SSSR count). The molecule has 1 aliphatic rings. The van der Waals surface area contributed by atoms with Gasteiger partial charge in [-0.3, -0.25) is 0 Å². The molecule has 0 fully saturated rings. The van der Waals surface area contributed by atoms with Crippen molar-refractivity contribution in [1.29, 1.82) is 0 Å². The van der Waals surface area contributed by atoms with Crippen LogP contribution in [0.2, 0.25) is 0 Å². The fourth-order valence-corrected chi connectivity index (χ4v) is 4.90. The number of esters is 1. The first-order chi connectivity index (χ1) is 16.3. The Balaban J connectivity index is 1.87. The van der Waals surface area contributed by atoms with Crippen LogP contribution in [0.25, 0.3) is 5.57 Å². The summed E-state index contributed by atoms with van der Waals surface area (Å²) in [4.78, 5) is 16.2. The van der Waals surface area contributed by atoms with Crippen LogP contribution in [-0.4, -0.2) is 13.1 Å². The normalized spacial score (nSPS) is 19.7. The zero-order chi connectivity index (χ0) is 22.7. The van der Waals surface area contributed by atoms with Crippen LogP contribution in [0.1, 0.15) is 22.7 Å². The van der Waals surface area contributed by atoms with E-state index in [1.807, 2.05) is 84.9 Å². The van der Waals surface area contributed by atoms with E-state index in [0.717, 1.165) is 28.0 Å². The van der Waals surface area contributed by atoms with Gasteiger partial charge in [0.15, 0.2) is 5.54 Å². The zero-order valence-corrected chi connectivity index (χ0v) is 18.5. The molecule has 3 heteroatoms. The van der Waals surface area contributed by atoms with Gasteiger partial charge < -0.3 is 9.64 Å². The van der Waals surface area contributed by atoms with Gasteiger partial charge >= 0.3 is 5.97 Å². The van der Waals surface area contributed by atoms with E-state index in [1.165, 1.54) is 7.11 Å². The third-order valence-corrected chi connectivity index (χ3v) is 6.29. The summed E-state index contributed by atoms with van der Waals surface area (Å²) in [5.74, 6) is -0.314. The number of ether oxygens (including phenoxy) is 1. The zero-order valence-electron chi connectivity index (χ0n) is 18.5. The van der Waals surface area contributed by atoms with Crippen LogP contribution in [0, 0.1) is 0 Å². The third kappa shape index (κ3) is 3.42. The standard InChI is InChI=1S/C30H25NO2/c1-33-29(32)30(25-18-10-4-11-19-25)27(23-14-6-2-7-15-23)22-28(24-16-8-3-9-17-24)31(30)26-20-12-5-13-21-26/h2-22,28H,1H3. The maximum atomic E-state index is 14.0. The average Bonchev–Trinajstić information content (AvgIpc) is 3.27. The van der Waals surface area contributed by atoms with Gasteiger partial charge in [-0.25, -0.2) is 4.79 Å². The van der Waals surface area contributed by atoms with Crippen LogP contribution in [0.3, 0.4) is 0 Å². The predicted octanol–water partition coefficient (Wildman–Crippen LogP) is 6.40. The smallest absolute Gasteiger partial charge is 0.341 e. The molecule has 1 aliphatic heterocycles. The summed E-state index contributed by atoms with van der Waals surface area (Å²) >= 11 is 0. The van der Waals surface area contributed by atoms with Crippen molar-refractivity contribution in [3.05, 3.63) is 144 Å². The van der Waals surface area contributed by atoms with E-state index in [4.69, 9.17) is 4.74 Å². The second-order valence-corrected chi connectivity index (χ2v) is 8.08. The van der Waals surface area contributed by atoms with E-state index in [-0.39, 0.29) is 12.0 Å². The minimum absolute atomic E-state index is 0.164. The molecule has 3 nitrogen and oxygen atoms in total. The largest absolute Gasteiger partial charge is 0.467 e. The molecule has 1 heterocycles. The second kappa shape index (κ2) is 8.79. The number of hydrogen-bond donors (Lipinski definition) is 0. The maximum Gasteiger partial charge on any atom is 0.341 e. The molecule has 0 amide bonds. The number of rotatable bonds is 5. The van der Waals surface area contributed by atoms with Gasteiger partial charge in [0.2, 0.25) is 0 Å². The Labute approximate surface area is 194 Å². The van der Waals surface area contributed by atoms with Gasteiger partial charge in [-0.1, -0.05) is 115 Å². The van der Waals surface area contributed by atoms with E-state index in [1.54, 1.807) is 0 Å². The number of para-hydroxylation sites is 1. The lowest BCUT2D eigenvalue weighted by molar-refractivity contribution is -0.145. The second-order valence-electron chi connectivity index (χ2n) is 8.08. The SMILES string of the molecule is COC(=O)C1(c2ccccc2)C(c2ccccc2)=CC(c2ccccc2)N1c1ccccc1. The van der Waals surface area contributed by atoms with Gasteiger partial charge in [0.1, 0.15) is 0 Å². The highest BCUT2D eigenvalue weighted by Crippen LogP contribution is 2.54. The number of carbonyl (C=O) groups excluding carboxylic acids is 1. The average molecular weight is 432 g/mol. The maximum absolute atomic E-state index is 14.0. The Bertz CT molecular complexity index is 1250. The molecule has 33 heavy (non-hydrogen) atoms. The molecule has 2 atom stereocenters. The Morgan fingerprint density at radius 3 is 1.82 bits per heavy atom. The van der Waals surface area contributed by atoms with Crippen molar-refractivity contribution in [3.63, 3.8) is 0 Å². The molecule has 4 aromatic carbocycles. The predicted molar refractivity (Wildman–Crippen MR) is 133 cm³/mol. The van der Waals surface area contributed by atoms with E-state index in [2.05, 4.69) is 47.4 Å². The number of benzene rings is 4. The summed E-state index contributed by atoms with van der Waals surface area (Å²) in [7, 11) is 1.47. The van der Waals surface area contributed by atoms with Gasteiger partial charge in [-0.2, -0.15) is 0 Å². The molecule has 0 saturated carbocycles. The summed E-state index contributed by atoms with van der Waals surface area (Å²) in [6.45, 7) is 0. The number of nitrogens with zero attached hydrogens (tertiary/aromatic N) is 1. The van der Waals surface area contributed by atoms with Crippen molar-refractivity contribution >= 4 is 17.2 Å². The fourth-order valence-electron chi connectivity index (χ4n) is 4.90. The highest BCUT2D eigenvalue weighted by atomic mass is 16.5. The summed E-state index contributed by atoms with van der Waals surface area (Å²) in [5, 5.41) is 0. The van der Waals surface area contributed by atoms with Crippen LogP contribution in [0.15, 0.2) is 127 Å². The molecule has 0 spiro atoms. The topological polar surface area (TPSA) is 29.5 Å². The van der Waals surface area contributed by atoms with Crippen molar-refractivity contribution in [3.8, 4) is 0 Å². The Kier molecular flexibility index (Phi) is 5.54. The molecule has 2 unspecified atom stereocenters. The van der Waals surface area contributed by atoms with Crippen LogP contribution in [-0.2, 0) is 15.1 Å². The van der Waals surface area contributed by atoms with Crippen LogP contribution in [0.5, 0.6) is 0 Å². The number of carbonyl (C=O) groups is 1. The Morgan fingerprint density at radius 1 is 0.727 bits per heavy atom. The van der Waals surface area contributed by atoms with E-state index >= 15 is 0 Å². The van der Waals surface area contributed by atoms with E-state index in [0.29, 0.717) is 0 Å². The minimum Gasteiger partial charge on any atom is -0.467 e. The molecular weight excluding hydrogens is 406 g/mol. The lowest BCUT2D eigenvalue weighted by atomic mass is 9.79. The molecule has 4 aromatic rings. The van der Waals surface area contributed by atoms with Crippen LogP contribution < -0.4 is 4.90 Å². The summed E-state index contributed by atoms with van der Waals surface area (Å²) in [6, 6.07) is 40.3. The van der Waals surface area contributed by atoms with Gasteiger partial charge in [0.05, 0.1) is 13.2 Å². The van der Waals surface area contributed by atoms with Gasteiger partial charge in [0.25, 0.3) is 0 Å². The first-order valence-corrected chi connectivity index (χ1v) is 11.1. The number of methoxy groups -OCH3 is 1. The number of hydrogen-bond acceptors (Lipinski definition) is 3. The van der Waals surface area contributed by atoms with Crippen molar-refractivity contribution in [2.75, 3.05) is 12.0 Å². The van der Waals surface area contributed by atoms with Crippen molar-refractivity contribution in [2.24, 2.45) is 0 Å². The summed E-state index contributed by atoms with van der Waals surface area (Å²) in [5.41, 5.74) is 3.68. The van der Waals surface area contributed by atoms with E-state index in [9.17, 15) is 4.79 Å². The van der Waals surface area contributed by atoms with Crippen LogP contribution >= 0.6 is 0 Å². The molecule has 0 bridgehead atoms. The monoisotopic (exact) mass is 431 g/mol. The highest BCUT2D eigenvalue weighted by Gasteiger charge is 2.56. The Morgan fingerprint density at radius 2 is 1.24 bits per heavy atom. The first-order valence-electron chi connectivity index (χ1n) is 11.1. The molecule has 162 valence electrons. The highest BCUT2D eigenvalue weighted by molar-refractivity contribution is 6.05. The summed E-state index contributed by atoms with van der Waals surface area (Å²) < 4.78 is 5.56. The molecule has 0 radical (unpaired) electrons. The molecule has 0 aromatic heterocycles. The molecule has 0 aliphatic carbocycles. The van der Waals surface area contributed by atoms with Crippen molar-refractivity contribution in [1.82, 2.24) is 0 Å².